The second-order valence-electron chi connectivity index (χ2n) is 4.59. The van der Waals surface area contributed by atoms with Gasteiger partial charge in [0.1, 0.15) is 0 Å². The summed E-state index contributed by atoms with van der Waals surface area (Å²) in [6.45, 7) is 2.92. The SMILES string of the molecule is CCCNC(Cc1cccc(F)c1F)c1cc(Br)cs1. The molecule has 0 saturated heterocycles. The molecule has 1 atom stereocenters. The van der Waals surface area contributed by atoms with Crippen molar-refractivity contribution in [2.75, 3.05) is 6.54 Å². The Morgan fingerprint density at radius 1 is 1.35 bits per heavy atom. The van der Waals surface area contributed by atoms with Crippen molar-refractivity contribution in [2.24, 2.45) is 0 Å². The molecule has 0 amide bonds. The zero-order valence-corrected chi connectivity index (χ0v) is 13.5. The van der Waals surface area contributed by atoms with Gasteiger partial charge in [-0.2, -0.15) is 0 Å². The van der Waals surface area contributed by atoms with Gasteiger partial charge in [-0.1, -0.05) is 19.1 Å². The molecule has 1 N–H and O–H groups in total. The first-order chi connectivity index (χ1) is 9.61. The maximum Gasteiger partial charge on any atom is 0.162 e. The fourth-order valence-electron chi connectivity index (χ4n) is 2.03. The molecule has 2 aromatic rings. The first kappa shape index (κ1) is 15.6. The van der Waals surface area contributed by atoms with E-state index in [0.29, 0.717) is 12.0 Å². The van der Waals surface area contributed by atoms with Gasteiger partial charge in [-0.3, -0.25) is 0 Å². The van der Waals surface area contributed by atoms with Crippen LogP contribution in [0, 0.1) is 11.6 Å². The predicted octanol–water partition coefficient (Wildman–Crippen LogP) is 5.07. The van der Waals surface area contributed by atoms with E-state index in [9.17, 15) is 8.78 Å². The summed E-state index contributed by atoms with van der Waals surface area (Å²) in [6, 6.07) is 6.36. The van der Waals surface area contributed by atoms with Crippen molar-refractivity contribution in [3.8, 4) is 0 Å². The van der Waals surface area contributed by atoms with Crippen LogP contribution in [0.15, 0.2) is 34.1 Å². The van der Waals surface area contributed by atoms with Crippen molar-refractivity contribution in [3.05, 3.63) is 56.2 Å². The van der Waals surface area contributed by atoms with E-state index in [1.165, 1.54) is 0 Å². The van der Waals surface area contributed by atoms with Crippen LogP contribution >= 0.6 is 27.3 Å². The largest absolute Gasteiger partial charge is 0.309 e. The molecule has 1 unspecified atom stereocenters. The van der Waals surface area contributed by atoms with Crippen LogP contribution in [0.3, 0.4) is 0 Å². The highest BCUT2D eigenvalue weighted by Gasteiger charge is 2.17. The number of nitrogens with one attached hydrogen (secondary N) is 1. The maximum absolute atomic E-state index is 13.8. The number of halogens is 3. The van der Waals surface area contributed by atoms with Gasteiger partial charge in [-0.15, -0.1) is 11.3 Å². The molecule has 0 radical (unpaired) electrons. The smallest absolute Gasteiger partial charge is 0.162 e. The first-order valence-electron chi connectivity index (χ1n) is 6.52. The second kappa shape index (κ2) is 7.29. The van der Waals surface area contributed by atoms with Gasteiger partial charge in [0, 0.05) is 20.8 Å². The van der Waals surface area contributed by atoms with E-state index in [2.05, 4.69) is 28.2 Å². The van der Waals surface area contributed by atoms with Crippen LogP contribution in [0.5, 0.6) is 0 Å². The number of benzene rings is 1. The van der Waals surface area contributed by atoms with E-state index in [0.717, 1.165) is 28.4 Å². The molecule has 108 valence electrons. The van der Waals surface area contributed by atoms with Crippen molar-refractivity contribution in [3.63, 3.8) is 0 Å². The van der Waals surface area contributed by atoms with Crippen molar-refractivity contribution < 1.29 is 8.78 Å². The molecule has 1 aromatic carbocycles. The van der Waals surface area contributed by atoms with Gasteiger partial charge in [0.05, 0.1) is 0 Å². The lowest BCUT2D eigenvalue weighted by molar-refractivity contribution is 0.479. The van der Waals surface area contributed by atoms with Crippen molar-refractivity contribution in [2.45, 2.75) is 25.8 Å². The third-order valence-corrected chi connectivity index (χ3v) is 4.83. The average Bonchev–Trinajstić information content (AvgIpc) is 2.86. The monoisotopic (exact) mass is 359 g/mol. The molecule has 0 aliphatic rings. The Bertz CT molecular complexity index is 571. The van der Waals surface area contributed by atoms with Crippen LogP contribution in [0.1, 0.15) is 29.8 Å². The lowest BCUT2D eigenvalue weighted by Crippen LogP contribution is -2.23. The van der Waals surface area contributed by atoms with Gasteiger partial charge in [-0.25, -0.2) is 8.78 Å². The summed E-state index contributed by atoms with van der Waals surface area (Å²) in [4.78, 5) is 1.12. The number of hydrogen-bond donors (Lipinski definition) is 1. The minimum atomic E-state index is -0.788. The normalized spacial score (nSPS) is 12.6. The van der Waals surface area contributed by atoms with Crippen molar-refractivity contribution in [1.29, 1.82) is 0 Å². The van der Waals surface area contributed by atoms with Crippen molar-refractivity contribution in [1.82, 2.24) is 5.32 Å². The van der Waals surface area contributed by atoms with E-state index in [1.54, 1.807) is 23.5 Å². The first-order valence-corrected chi connectivity index (χ1v) is 8.19. The Hall–Kier alpha value is -0.780. The van der Waals surface area contributed by atoms with E-state index >= 15 is 0 Å². The van der Waals surface area contributed by atoms with Crippen molar-refractivity contribution >= 4 is 27.3 Å². The third kappa shape index (κ3) is 3.87. The minimum Gasteiger partial charge on any atom is -0.309 e. The van der Waals surface area contributed by atoms with Crippen LogP contribution in [0.25, 0.3) is 0 Å². The van der Waals surface area contributed by atoms with Gasteiger partial charge in [0.2, 0.25) is 0 Å². The Morgan fingerprint density at radius 2 is 2.15 bits per heavy atom. The molecule has 0 aliphatic carbocycles. The van der Waals surface area contributed by atoms with Gasteiger partial charge >= 0.3 is 0 Å². The summed E-state index contributed by atoms with van der Waals surface area (Å²) in [5, 5.41) is 5.39. The summed E-state index contributed by atoms with van der Waals surface area (Å²) in [5.74, 6) is -1.53. The molecular weight excluding hydrogens is 344 g/mol. The number of hydrogen-bond acceptors (Lipinski definition) is 2. The Labute approximate surface area is 130 Å². The Morgan fingerprint density at radius 3 is 2.80 bits per heavy atom. The Kier molecular flexibility index (Phi) is 5.69. The van der Waals surface area contributed by atoms with Gasteiger partial charge < -0.3 is 5.32 Å². The fourth-order valence-corrected chi connectivity index (χ4v) is 3.55. The van der Waals surface area contributed by atoms with Gasteiger partial charge in [0.15, 0.2) is 11.6 Å². The molecule has 2 rings (SSSR count). The summed E-state index contributed by atoms with van der Waals surface area (Å²) in [5.41, 5.74) is 0.406. The summed E-state index contributed by atoms with van der Waals surface area (Å²) in [7, 11) is 0. The molecule has 0 aliphatic heterocycles. The zero-order chi connectivity index (χ0) is 14.5. The van der Waals surface area contributed by atoms with Gasteiger partial charge in [0.25, 0.3) is 0 Å². The van der Waals surface area contributed by atoms with E-state index in [4.69, 9.17) is 0 Å². The lowest BCUT2D eigenvalue weighted by Gasteiger charge is -2.17. The summed E-state index contributed by atoms with van der Waals surface area (Å²) in [6.07, 6.45) is 1.44. The molecule has 1 aromatic heterocycles. The fraction of sp³-hybridized carbons (Fsp3) is 0.333. The number of rotatable bonds is 6. The molecule has 1 heterocycles. The molecule has 0 spiro atoms. The summed E-state index contributed by atoms with van der Waals surface area (Å²) >= 11 is 5.04. The van der Waals surface area contributed by atoms with Crippen LogP contribution in [0.2, 0.25) is 0 Å². The zero-order valence-electron chi connectivity index (χ0n) is 11.1. The quantitative estimate of drug-likeness (QED) is 0.758. The number of thiophene rings is 1. The standard InChI is InChI=1S/C15H16BrF2NS/c1-2-6-19-13(14-8-11(16)9-20-14)7-10-4-3-5-12(17)15(10)18/h3-5,8-9,13,19H,2,6-7H2,1H3. The van der Waals surface area contributed by atoms with E-state index < -0.39 is 11.6 Å². The van der Waals surface area contributed by atoms with Crippen LogP contribution in [0.4, 0.5) is 8.78 Å². The summed E-state index contributed by atoms with van der Waals surface area (Å²) < 4.78 is 28.1. The highest BCUT2D eigenvalue weighted by atomic mass is 79.9. The van der Waals surface area contributed by atoms with Crippen LogP contribution in [-0.2, 0) is 6.42 Å². The van der Waals surface area contributed by atoms with Crippen LogP contribution < -0.4 is 5.32 Å². The van der Waals surface area contributed by atoms with E-state index in [1.807, 2.05) is 11.4 Å². The third-order valence-electron chi connectivity index (χ3n) is 3.03. The molecular formula is C15H16BrF2NS. The molecule has 0 fully saturated rings. The highest BCUT2D eigenvalue weighted by molar-refractivity contribution is 9.10. The topological polar surface area (TPSA) is 12.0 Å². The predicted molar refractivity (Wildman–Crippen MR) is 83.1 cm³/mol. The average molecular weight is 360 g/mol. The molecule has 0 saturated carbocycles. The molecule has 5 heteroatoms. The van der Waals surface area contributed by atoms with Crippen LogP contribution in [-0.4, -0.2) is 6.54 Å². The Balaban J connectivity index is 2.21. The van der Waals surface area contributed by atoms with Gasteiger partial charge in [-0.05, 0) is 53.0 Å². The lowest BCUT2D eigenvalue weighted by atomic mass is 10.0. The molecule has 1 nitrogen and oxygen atoms in total. The highest BCUT2D eigenvalue weighted by Crippen LogP contribution is 2.29. The van der Waals surface area contributed by atoms with E-state index in [-0.39, 0.29) is 6.04 Å². The molecule has 20 heavy (non-hydrogen) atoms. The maximum atomic E-state index is 13.8. The second-order valence-corrected chi connectivity index (χ2v) is 6.45. The molecule has 0 bridgehead atoms. The minimum absolute atomic E-state index is 0.00236.